The van der Waals surface area contributed by atoms with Gasteiger partial charge in [-0.05, 0) is 81.5 Å². The number of carbonyl (C=O) groups is 2. The van der Waals surface area contributed by atoms with E-state index in [2.05, 4.69) is 0 Å². The van der Waals surface area contributed by atoms with Crippen LogP contribution < -0.4 is 0 Å². The molecule has 0 spiro atoms. The predicted molar refractivity (Wildman–Crippen MR) is 125 cm³/mol. The van der Waals surface area contributed by atoms with Crippen molar-refractivity contribution in [3.63, 3.8) is 0 Å². The Labute approximate surface area is 194 Å². The van der Waals surface area contributed by atoms with Crippen LogP contribution in [0.15, 0.2) is 18.2 Å². The van der Waals surface area contributed by atoms with Crippen molar-refractivity contribution < 1.29 is 27.9 Å². The number of aromatic nitrogens is 1. The fraction of sp³-hybridized carbons (Fsp3) is 0.583. The molecule has 2 aliphatic rings. The highest BCUT2D eigenvalue weighted by atomic mass is 32.2. The molecule has 1 aromatic heterocycles. The highest BCUT2D eigenvalue weighted by Gasteiger charge is 2.33. The molecule has 1 saturated heterocycles. The van der Waals surface area contributed by atoms with Gasteiger partial charge in [0, 0.05) is 36.4 Å². The fourth-order valence-corrected chi connectivity index (χ4v) is 6.64. The van der Waals surface area contributed by atoms with Gasteiger partial charge in [0.25, 0.3) is 5.91 Å². The molecule has 9 heteroatoms. The Morgan fingerprint density at radius 2 is 1.88 bits per heavy atom. The lowest BCUT2D eigenvalue weighted by Gasteiger charge is -2.33. The number of benzene rings is 1. The number of ether oxygens (including phenoxy) is 1. The van der Waals surface area contributed by atoms with Crippen molar-refractivity contribution >= 4 is 32.8 Å². The largest absolute Gasteiger partial charge is 0.480 e. The summed E-state index contributed by atoms with van der Waals surface area (Å²) < 4.78 is 33.1. The lowest BCUT2D eigenvalue weighted by molar-refractivity contribution is -0.137. The van der Waals surface area contributed by atoms with Crippen LogP contribution in [0.4, 0.5) is 0 Å². The Balaban J connectivity index is 1.80. The molecule has 1 atom stereocenters. The Kier molecular flexibility index (Phi) is 6.81. The number of hydrogen-bond donors (Lipinski definition) is 1. The van der Waals surface area contributed by atoms with Gasteiger partial charge >= 0.3 is 5.97 Å². The zero-order valence-electron chi connectivity index (χ0n) is 19.2. The van der Waals surface area contributed by atoms with Gasteiger partial charge in [-0.15, -0.1) is 0 Å². The van der Waals surface area contributed by atoms with E-state index in [0.717, 1.165) is 55.5 Å². The summed E-state index contributed by atoms with van der Waals surface area (Å²) in [6.07, 6.45) is 4.47. The molecule has 1 aliphatic carbocycles. The van der Waals surface area contributed by atoms with Crippen LogP contribution in [-0.4, -0.2) is 66.3 Å². The Hall–Kier alpha value is -2.39. The molecule has 4 rings (SSSR count). The minimum atomic E-state index is -3.51. The molecule has 1 N–H and O–H groups in total. The molecule has 0 bridgehead atoms. The van der Waals surface area contributed by atoms with Crippen LogP contribution in [0.25, 0.3) is 10.9 Å². The van der Waals surface area contributed by atoms with Crippen LogP contribution in [0.1, 0.15) is 54.7 Å². The van der Waals surface area contributed by atoms with Crippen LogP contribution in [0.3, 0.4) is 0 Å². The topological polar surface area (TPSA) is 106 Å². The van der Waals surface area contributed by atoms with E-state index in [9.17, 15) is 18.0 Å². The summed E-state index contributed by atoms with van der Waals surface area (Å²) in [7, 11) is -3.51. The average Bonchev–Trinajstić information content (AvgIpc) is 3.16. The Morgan fingerprint density at radius 3 is 2.52 bits per heavy atom. The van der Waals surface area contributed by atoms with E-state index in [4.69, 9.17) is 9.84 Å². The molecular formula is C24H32N2O6S. The van der Waals surface area contributed by atoms with Crippen molar-refractivity contribution in [3.05, 3.63) is 35.0 Å². The lowest BCUT2D eigenvalue weighted by atomic mass is 9.75. The normalized spacial score (nSPS) is 19.4. The zero-order chi connectivity index (χ0) is 23.8. The summed E-state index contributed by atoms with van der Waals surface area (Å²) in [5.74, 6) is -0.413. The van der Waals surface area contributed by atoms with Crippen molar-refractivity contribution in [1.82, 2.24) is 8.87 Å². The van der Waals surface area contributed by atoms with E-state index < -0.39 is 16.0 Å². The smallest absolute Gasteiger partial charge is 0.323 e. The quantitative estimate of drug-likeness (QED) is 0.659. The molecule has 33 heavy (non-hydrogen) atoms. The number of amides is 1. The first-order valence-corrected chi connectivity index (χ1v) is 13.4. The maximum absolute atomic E-state index is 13.0. The first kappa shape index (κ1) is 23.8. The molecule has 0 saturated carbocycles. The van der Waals surface area contributed by atoms with Crippen LogP contribution >= 0.6 is 0 Å². The monoisotopic (exact) mass is 476 g/mol. The summed E-state index contributed by atoms with van der Waals surface area (Å²) in [5, 5.41) is 9.93. The lowest BCUT2D eigenvalue weighted by Crippen LogP contribution is -2.35. The van der Waals surface area contributed by atoms with Gasteiger partial charge in [-0.3, -0.25) is 9.59 Å². The van der Waals surface area contributed by atoms with Crippen molar-refractivity contribution in [1.29, 1.82) is 0 Å². The summed E-state index contributed by atoms with van der Waals surface area (Å²) in [4.78, 5) is 25.5. The zero-order valence-corrected chi connectivity index (χ0v) is 20.1. The molecule has 2 aromatic rings. The summed E-state index contributed by atoms with van der Waals surface area (Å²) in [5.41, 5.74) is 2.83. The van der Waals surface area contributed by atoms with Gasteiger partial charge in [-0.2, -0.15) is 0 Å². The van der Waals surface area contributed by atoms with Gasteiger partial charge in [0.15, 0.2) is 0 Å². The van der Waals surface area contributed by atoms with Gasteiger partial charge in [-0.1, -0.05) is 0 Å². The van der Waals surface area contributed by atoms with E-state index in [1.807, 2.05) is 0 Å². The van der Waals surface area contributed by atoms with Crippen LogP contribution in [0, 0.1) is 11.8 Å². The Morgan fingerprint density at radius 1 is 1.15 bits per heavy atom. The first-order valence-electron chi connectivity index (χ1n) is 11.7. The van der Waals surface area contributed by atoms with Crippen molar-refractivity contribution in [2.24, 2.45) is 11.8 Å². The van der Waals surface area contributed by atoms with E-state index in [-0.39, 0.29) is 24.7 Å². The van der Waals surface area contributed by atoms with E-state index in [1.54, 1.807) is 32.0 Å². The van der Waals surface area contributed by atoms with Gasteiger partial charge < -0.3 is 14.7 Å². The second-order valence-corrected chi connectivity index (χ2v) is 11.1. The molecule has 8 nitrogen and oxygen atoms in total. The molecule has 1 amide bonds. The third-order valence-electron chi connectivity index (χ3n) is 7.17. The minimum absolute atomic E-state index is 0.00445. The number of fused-ring (bicyclic) bond motifs is 3. The van der Waals surface area contributed by atoms with Crippen LogP contribution in [0.5, 0.6) is 0 Å². The van der Waals surface area contributed by atoms with Crippen molar-refractivity contribution in [2.75, 3.05) is 32.1 Å². The second kappa shape index (κ2) is 9.46. The number of carbonyl (C=O) groups excluding carboxylic acids is 1. The molecule has 1 aliphatic heterocycles. The third-order valence-corrected chi connectivity index (χ3v) is 8.87. The number of nitrogens with zero attached hydrogens (tertiary/aromatic N) is 2. The number of hydrogen-bond acceptors (Lipinski definition) is 5. The van der Waals surface area contributed by atoms with Crippen molar-refractivity contribution in [2.45, 2.75) is 46.0 Å². The number of rotatable bonds is 7. The SMILES string of the molecule is CCN(CC(=O)O)C(=O)c1ccc2c(c1)c1c(n2S(=O)(=O)CC)CCC(C2CCOCC2)C1. The van der Waals surface area contributed by atoms with Gasteiger partial charge in [0.2, 0.25) is 10.0 Å². The van der Waals surface area contributed by atoms with Gasteiger partial charge in [-0.25, -0.2) is 12.4 Å². The molecule has 1 unspecified atom stereocenters. The molecular weight excluding hydrogens is 444 g/mol. The molecule has 1 fully saturated rings. The second-order valence-electron chi connectivity index (χ2n) is 8.99. The standard InChI is InChI=1S/C24H32N2O6S/c1-3-25(15-23(27)28)24(29)18-6-8-22-20(14-18)19-13-17(16-9-11-32-12-10-16)5-7-21(19)26(22)33(30,31)4-2/h6,8,14,16-17H,3-5,7,9-13,15H2,1-2H3,(H,27,28). The van der Waals surface area contributed by atoms with Crippen LogP contribution in [-0.2, 0) is 32.4 Å². The number of carboxylic acid groups (broad SMARTS) is 1. The first-order chi connectivity index (χ1) is 15.8. The fourth-order valence-electron chi connectivity index (χ4n) is 5.39. The number of aliphatic carboxylic acids is 1. The van der Waals surface area contributed by atoms with E-state index in [0.29, 0.717) is 29.3 Å². The van der Waals surface area contributed by atoms with Crippen molar-refractivity contribution in [3.8, 4) is 0 Å². The summed E-state index contributed by atoms with van der Waals surface area (Å²) in [6.45, 7) is 4.83. The van der Waals surface area contributed by atoms with Gasteiger partial charge in [0.05, 0.1) is 11.3 Å². The van der Waals surface area contributed by atoms with E-state index >= 15 is 0 Å². The predicted octanol–water partition coefficient (Wildman–Crippen LogP) is 2.92. The molecule has 1 aromatic carbocycles. The average molecular weight is 477 g/mol. The van der Waals surface area contributed by atoms with E-state index in [1.165, 1.54) is 8.87 Å². The Bertz CT molecular complexity index is 1160. The number of carboxylic acids is 1. The van der Waals surface area contributed by atoms with Gasteiger partial charge in [0.1, 0.15) is 6.54 Å². The maximum atomic E-state index is 13.0. The van der Waals surface area contributed by atoms with Crippen LogP contribution in [0.2, 0.25) is 0 Å². The summed E-state index contributed by atoms with van der Waals surface area (Å²) >= 11 is 0. The number of likely N-dealkylation sites (N-methyl/N-ethyl adjacent to an activating group) is 1. The maximum Gasteiger partial charge on any atom is 0.323 e. The highest BCUT2D eigenvalue weighted by molar-refractivity contribution is 7.90. The summed E-state index contributed by atoms with van der Waals surface area (Å²) in [6, 6.07) is 5.07. The molecule has 0 radical (unpaired) electrons. The third kappa shape index (κ3) is 4.53. The highest BCUT2D eigenvalue weighted by Crippen LogP contribution is 2.40. The molecule has 2 heterocycles. The minimum Gasteiger partial charge on any atom is -0.480 e. The molecule has 180 valence electrons.